The minimum absolute atomic E-state index is 0.357. The number of aromatic amines is 1. The van der Waals surface area contributed by atoms with E-state index in [9.17, 15) is 0 Å². The van der Waals surface area contributed by atoms with E-state index in [-0.39, 0.29) is 0 Å². The van der Waals surface area contributed by atoms with Crippen LogP contribution in [-0.2, 0) is 17.8 Å². The first-order valence-corrected chi connectivity index (χ1v) is 9.22. The van der Waals surface area contributed by atoms with E-state index < -0.39 is 0 Å². The van der Waals surface area contributed by atoms with Crippen molar-refractivity contribution in [1.82, 2.24) is 19.4 Å². The first-order chi connectivity index (χ1) is 12.4. The Labute approximate surface area is 147 Å². The van der Waals surface area contributed by atoms with Crippen molar-refractivity contribution in [2.45, 2.75) is 32.0 Å². The highest BCUT2D eigenvalue weighted by molar-refractivity contribution is 5.82. The molecular formula is C20H24N4O. The number of nitrogens with zero attached hydrogens (tertiary/aromatic N) is 3. The van der Waals surface area contributed by atoms with Crippen LogP contribution in [0.1, 0.15) is 30.1 Å². The van der Waals surface area contributed by atoms with Gasteiger partial charge in [0.25, 0.3) is 0 Å². The van der Waals surface area contributed by atoms with Crippen molar-refractivity contribution in [2.24, 2.45) is 5.92 Å². The van der Waals surface area contributed by atoms with Crippen LogP contribution in [0, 0.1) is 5.92 Å². The maximum atomic E-state index is 6.00. The highest BCUT2D eigenvalue weighted by Gasteiger charge is 2.27. The van der Waals surface area contributed by atoms with Gasteiger partial charge in [0.15, 0.2) is 0 Å². The summed E-state index contributed by atoms with van der Waals surface area (Å²) in [7, 11) is 0. The Morgan fingerprint density at radius 2 is 2.16 bits per heavy atom. The Morgan fingerprint density at radius 1 is 1.20 bits per heavy atom. The summed E-state index contributed by atoms with van der Waals surface area (Å²) in [5.41, 5.74) is 3.88. The van der Waals surface area contributed by atoms with Gasteiger partial charge in [-0.1, -0.05) is 12.1 Å². The lowest BCUT2D eigenvalue weighted by molar-refractivity contribution is 0.0624. The number of H-pyrrole nitrogens is 1. The molecule has 1 aliphatic heterocycles. The van der Waals surface area contributed by atoms with E-state index in [0.717, 1.165) is 38.8 Å². The maximum absolute atomic E-state index is 6.00. The third-order valence-electron chi connectivity index (χ3n) is 5.43. The van der Waals surface area contributed by atoms with Gasteiger partial charge in [0.1, 0.15) is 0 Å². The number of hydrogen-bond donors (Lipinski definition) is 1. The molecule has 3 aromatic rings. The maximum Gasteiger partial charge on any atom is 0.0952 e. The topological polar surface area (TPSA) is 46.1 Å². The predicted molar refractivity (Wildman–Crippen MR) is 97.2 cm³/mol. The molecule has 1 N–H and O–H groups in total. The fourth-order valence-corrected chi connectivity index (χ4v) is 3.90. The normalized spacial score (nSPS) is 20.9. The zero-order valence-electron chi connectivity index (χ0n) is 14.4. The van der Waals surface area contributed by atoms with Crippen LogP contribution in [0.3, 0.4) is 0 Å². The summed E-state index contributed by atoms with van der Waals surface area (Å²) in [5.74, 6) is 0.813. The van der Waals surface area contributed by atoms with Gasteiger partial charge in [0.05, 0.1) is 24.7 Å². The van der Waals surface area contributed by atoms with E-state index >= 15 is 0 Å². The quantitative estimate of drug-likeness (QED) is 0.751. The van der Waals surface area contributed by atoms with Gasteiger partial charge in [0, 0.05) is 49.5 Å². The molecule has 1 atom stereocenters. The van der Waals surface area contributed by atoms with Gasteiger partial charge < -0.3 is 14.3 Å². The van der Waals surface area contributed by atoms with Crippen LogP contribution in [0.5, 0.6) is 0 Å². The van der Waals surface area contributed by atoms with Gasteiger partial charge in [-0.3, -0.25) is 4.90 Å². The van der Waals surface area contributed by atoms with Crippen LogP contribution in [0.15, 0.2) is 43.0 Å². The number of ether oxygens (including phenoxy) is 1. The van der Waals surface area contributed by atoms with Crippen LogP contribution < -0.4 is 0 Å². The molecule has 3 heterocycles. The van der Waals surface area contributed by atoms with E-state index in [1.165, 1.54) is 35.0 Å². The summed E-state index contributed by atoms with van der Waals surface area (Å²) >= 11 is 0. The van der Waals surface area contributed by atoms with Crippen molar-refractivity contribution < 1.29 is 4.74 Å². The average molecular weight is 336 g/mol. The number of benzene rings is 1. The fraction of sp³-hybridized carbons (Fsp3) is 0.450. The summed E-state index contributed by atoms with van der Waals surface area (Å²) in [6.07, 6.45) is 8.66. The molecule has 1 fully saturated rings. The van der Waals surface area contributed by atoms with Crippen LogP contribution in [-0.4, -0.2) is 39.2 Å². The summed E-state index contributed by atoms with van der Waals surface area (Å²) in [5, 5.41) is 1.32. The molecule has 25 heavy (non-hydrogen) atoms. The number of hydrogen-bond acceptors (Lipinski definition) is 3. The third-order valence-corrected chi connectivity index (χ3v) is 5.43. The summed E-state index contributed by atoms with van der Waals surface area (Å²) in [6, 6.07) is 9.04. The summed E-state index contributed by atoms with van der Waals surface area (Å²) in [6.45, 7) is 4.61. The van der Waals surface area contributed by atoms with Gasteiger partial charge >= 0.3 is 0 Å². The Balaban J connectivity index is 1.33. The van der Waals surface area contributed by atoms with E-state index in [1.807, 2.05) is 18.7 Å². The predicted octanol–water partition coefficient (Wildman–Crippen LogP) is 3.35. The van der Waals surface area contributed by atoms with E-state index in [2.05, 4.69) is 43.7 Å². The molecule has 1 aliphatic carbocycles. The van der Waals surface area contributed by atoms with Gasteiger partial charge in [-0.05, 0) is 36.5 Å². The Hall–Kier alpha value is -2.11. The highest BCUT2D eigenvalue weighted by Crippen LogP contribution is 2.30. The van der Waals surface area contributed by atoms with Gasteiger partial charge in [-0.2, -0.15) is 0 Å². The Bertz CT molecular complexity index is 863. The van der Waals surface area contributed by atoms with Crippen LogP contribution in [0.4, 0.5) is 0 Å². The molecule has 0 saturated heterocycles. The molecular weight excluding hydrogens is 312 g/mol. The Kier molecular flexibility index (Phi) is 3.83. The number of aromatic nitrogens is 3. The first kappa shape index (κ1) is 15.2. The van der Waals surface area contributed by atoms with Crippen molar-refractivity contribution in [3.63, 3.8) is 0 Å². The number of fused-ring (bicyclic) bond motifs is 2. The lowest BCUT2D eigenvalue weighted by Gasteiger charge is -2.34. The minimum atomic E-state index is 0.357. The molecule has 0 amide bonds. The SMILES string of the molecule is c1cc(CN2Cc3cncn3C(COCC3CC3)C2)c2cc[nH]c2c1. The monoisotopic (exact) mass is 336 g/mol. The van der Waals surface area contributed by atoms with Crippen LogP contribution in [0.25, 0.3) is 10.9 Å². The summed E-state index contributed by atoms with van der Waals surface area (Å²) in [4.78, 5) is 10.2. The van der Waals surface area contributed by atoms with Gasteiger partial charge in [-0.25, -0.2) is 4.98 Å². The highest BCUT2D eigenvalue weighted by atomic mass is 16.5. The van der Waals surface area contributed by atoms with E-state index in [4.69, 9.17) is 4.74 Å². The van der Waals surface area contributed by atoms with E-state index in [0.29, 0.717) is 6.04 Å². The zero-order valence-corrected chi connectivity index (χ0v) is 14.4. The molecule has 0 spiro atoms. The standard InChI is InChI=1S/C20H24N4O/c1-2-16(19-6-7-22-20(19)3-1)9-23-10-17-8-21-14-24(17)18(11-23)13-25-12-15-4-5-15/h1-3,6-8,14-15,18,22H,4-5,9-13H2. The average Bonchev–Trinajstić information content (AvgIpc) is 3.10. The molecule has 1 unspecified atom stereocenters. The molecule has 0 radical (unpaired) electrons. The number of imidazole rings is 1. The molecule has 130 valence electrons. The van der Waals surface area contributed by atoms with Crippen molar-refractivity contribution in [1.29, 1.82) is 0 Å². The van der Waals surface area contributed by atoms with Crippen molar-refractivity contribution in [3.8, 4) is 0 Å². The lowest BCUT2D eigenvalue weighted by atomic mass is 10.1. The van der Waals surface area contributed by atoms with Crippen LogP contribution >= 0.6 is 0 Å². The molecule has 5 rings (SSSR count). The van der Waals surface area contributed by atoms with E-state index in [1.54, 1.807) is 0 Å². The molecule has 1 aromatic carbocycles. The minimum Gasteiger partial charge on any atom is -0.379 e. The number of nitrogens with one attached hydrogen (secondary N) is 1. The Morgan fingerprint density at radius 3 is 3.08 bits per heavy atom. The lowest BCUT2D eigenvalue weighted by Crippen LogP contribution is -2.38. The molecule has 2 aromatic heterocycles. The van der Waals surface area contributed by atoms with Crippen molar-refractivity contribution in [3.05, 3.63) is 54.2 Å². The zero-order chi connectivity index (χ0) is 16.6. The fourth-order valence-electron chi connectivity index (χ4n) is 3.90. The molecule has 0 bridgehead atoms. The second-order valence-electron chi connectivity index (χ2n) is 7.45. The smallest absolute Gasteiger partial charge is 0.0952 e. The molecule has 1 saturated carbocycles. The molecule has 2 aliphatic rings. The molecule has 5 heteroatoms. The molecule has 5 nitrogen and oxygen atoms in total. The summed E-state index contributed by atoms with van der Waals surface area (Å²) < 4.78 is 8.31. The van der Waals surface area contributed by atoms with Gasteiger partial charge in [-0.15, -0.1) is 0 Å². The number of rotatable bonds is 6. The second kappa shape index (κ2) is 6.32. The van der Waals surface area contributed by atoms with Crippen molar-refractivity contribution >= 4 is 10.9 Å². The third kappa shape index (κ3) is 3.10. The van der Waals surface area contributed by atoms with Crippen LogP contribution in [0.2, 0.25) is 0 Å². The van der Waals surface area contributed by atoms with Gasteiger partial charge in [0.2, 0.25) is 0 Å². The largest absolute Gasteiger partial charge is 0.379 e. The first-order valence-electron chi connectivity index (χ1n) is 9.22. The van der Waals surface area contributed by atoms with Crippen molar-refractivity contribution in [2.75, 3.05) is 19.8 Å². The second-order valence-corrected chi connectivity index (χ2v) is 7.45.